The van der Waals surface area contributed by atoms with Gasteiger partial charge in [0.25, 0.3) is 0 Å². The molecule has 26 heavy (non-hydrogen) atoms. The number of benzene rings is 2. The molecule has 0 aliphatic heterocycles. The van der Waals surface area contributed by atoms with Crippen LogP contribution < -0.4 is 11.5 Å². The lowest BCUT2D eigenvalue weighted by Gasteiger charge is -2.37. The summed E-state index contributed by atoms with van der Waals surface area (Å²) in [5.41, 5.74) is 18.4. The van der Waals surface area contributed by atoms with Crippen molar-refractivity contribution in [2.24, 2.45) is 5.92 Å². The van der Waals surface area contributed by atoms with Gasteiger partial charge in [-0.1, -0.05) is 32.9 Å². The zero-order chi connectivity index (χ0) is 20.0. The smallest absolute Gasteiger partial charge is 0.141 e. The van der Waals surface area contributed by atoms with Crippen LogP contribution in [-0.2, 0) is 5.41 Å². The average molecular weight is 357 g/mol. The summed E-state index contributed by atoms with van der Waals surface area (Å²) in [4.78, 5) is 0. The molecule has 6 N–H and O–H groups in total. The van der Waals surface area contributed by atoms with Crippen LogP contribution in [0.3, 0.4) is 0 Å². The number of aromatic hydroxyl groups is 2. The summed E-state index contributed by atoms with van der Waals surface area (Å²) in [6.45, 7) is 14.2. The molecule has 0 amide bonds. The van der Waals surface area contributed by atoms with E-state index in [4.69, 9.17) is 11.5 Å². The van der Waals surface area contributed by atoms with Gasteiger partial charge in [-0.3, -0.25) is 0 Å². The van der Waals surface area contributed by atoms with Gasteiger partial charge in [-0.05, 0) is 73.4 Å². The van der Waals surface area contributed by atoms with Crippen LogP contribution in [0.5, 0.6) is 11.5 Å². The molecule has 4 nitrogen and oxygen atoms in total. The summed E-state index contributed by atoms with van der Waals surface area (Å²) in [7, 11) is 0. The Labute approximate surface area is 156 Å². The normalized spacial score (nSPS) is 12.0. The summed E-state index contributed by atoms with van der Waals surface area (Å²) in [5, 5.41) is 20.5. The largest absolute Gasteiger partial charge is 0.506 e. The van der Waals surface area contributed by atoms with Crippen molar-refractivity contribution >= 4 is 11.4 Å². The fourth-order valence-corrected chi connectivity index (χ4v) is 4.18. The molecule has 0 fully saturated rings. The molecule has 142 valence electrons. The number of phenolic OH excluding ortho intramolecular Hbond substituents is 2. The highest BCUT2D eigenvalue weighted by Crippen LogP contribution is 2.47. The Bertz CT molecular complexity index is 791. The van der Waals surface area contributed by atoms with E-state index < -0.39 is 0 Å². The van der Waals surface area contributed by atoms with E-state index in [0.29, 0.717) is 17.3 Å². The second kappa shape index (κ2) is 6.75. The zero-order valence-corrected chi connectivity index (χ0v) is 17.0. The molecule has 0 radical (unpaired) electrons. The van der Waals surface area contributed by atoms with Crippen LogP contribution in [0, 0.1) is 33.6 Å². The van der Waals surface area contributed by atoms with E-state index in [2.05, 4.69) is 20.8 Å². The predicted molar refractivity (Wildman–Crippen MR) is 110 cm³/mol. The SMILES string of the molecule is Cc1cc(C(C)(CC(C)C)c2cc(C)c(O)c(N)c2C)c(C)c(N)c1O. The van der Waals surface area contributed by atoms with Crippen LogP contribution in [-0.4, -0.2) is 10.2 Å². The average Bonchev–Trinajstić information content (AvgIpc) is 2.56. The number of rotatable bonds is 4. The third-order valence-electron chi connectivity index (χ3n) is 5.60. The zero-order valence-electron chi connectivity index (χ0n) is 17.0. The highest BCUT2D eigenvalue weighted by Gasteiger charge is 2.35. The van der Waals surface area contributed by atoms with Gasteiger partial charge in [0.05, 0.1) is 11.4 Å². The van der Waals surface area contributed by atoms with Crippen molar-refractivity contribution in [3.05, 3.63) is 45.5 Å². The molecule has 0 aliphatic rings. The topological polar surface area (TPSA) is 92.5 Å². The summed E-state index contributed by atoms with van der Waals surface area (Å²) in [6, 6.07) is 4.06. The minimum atomic E-state index is -0.346. The molecule has 0 unspecified atom stereocenters. The number of aryl methyl sites for hydroxylation is 2. The van der Waals surface area contributed by atoms with E-state index in [0.717, 1.165) is 39.8 Å². The summed E-state index contributed by atoms with van der Waals surface area (Å²) < 4.78 is 0. The van der Waals surface area contributed by atoms with E-state index in [1.54, 1.807) is 0 Å². The van der Waals surface area contributed by atoms with E-state index in [9.17, 15) is 10.2 Å². The van der Waals surface area contributed by atoms with Crippen LogP contribution in [0.15, 0.2) is 12.1 Å². The third-order valence-corrected chi connectivity index (χ3v) is 5.60. The predicted octanol–water partition coefficient (Wildman–Crippen LogP) is 4.85. The molecule has 0 heterocycles. The highest BCUT2D eigenvalue weighted by molar-refractivity contribution is 5.69. The van der Waals surface area contributed by atoms with Gasteiger partial charge in [0, 0.05) is 5.41 Å². The van der Waals surface area contributed by atoms with Crippen molar-refractivity contribution in [3.63, 3.8) is 0 Å². The lowest BCUT2D eigenvalue weighted by molar-refractivity contribution is 0.421. The fraction of sp³-hybridized carbons (Fsp3) is 0.455. The number of hydrogen-bond donors (Lipinski definition) is 4. The lowest BCUT2D eigenvalue weighted by atomic mass is 9.67. The Balaban J connectivity index is 2.89. The van der Waals surface area contributed by atoms with E-state index >= 15 is 0 Å². The maximum atomic E-state index is 10.2. The molecular formula is C22H32N2O2. The van der Waals surface area contributed by atoms with Gasteiger partial charge in [0.15, 0.2) is 0 Å². The van der Waals surface area contributed by atoms with Gasteiger partial charge in [-0.25, -0.2) is 0 Å². The Kier molecular flexibility index (Phi) is 5.18. The van der Waals surface area contributed by atoms with Crippen molar-refractivity contribution in [2.75, 3.05) is 11.5 Å². The molecular weight excluding hydrogens is 324 g/mol. The van der Waals surface area contributed by atoms with Crippen LogP contribution >= 0.6 is 0 Å². The van der Waals surface area contributed by atoms with Crippen LogP contribution in [0.4, 0.5) is 11.4 Å². The van der Waals surface area contributed by atoms with Crippen molar-refractivity contribution in [1.82, 2.24) is 0 Å². The standard InChI is InChI=1S/C22H32N2O2/c1-11(2)10-22(7,16-8-12(3)20(25)18(23)14(16)5)17-9-13(4)21(26)19(24)15(17)6/h8-9,11,25-26H,10,23-24H2,1-7H3. The Morgan fingerprint density at radius 1 is 0.846 bits per heavy atom. The molecule has 0 atom stereocenters. The molecule has 4 heteroatoms. The third kappa shape index (κ3) is 3.09. The summed E-state index contributed by atoms with van der Waals surface area (Å²) in [5.74, 6) is 0.733. The minimum Gasteiger partial charge on any atom is -0.506 e. The maximum Gasteiger partial charge on any atom is 0.141 e. The van der Waals surface area contributed by atoms with Crippen molar-refractivity contribution < 1.29 is 10.2 Å². The van der Waals surface area contributed by atoms with E-state index in [-0.39, 0.29) is 16.9 Å². The number of phenols is 2. The van der Waals surface area contributed by atoms with Crippen molar-refractivity contribution in [1.29, 1.82) is 0 Å². The number of nitrogens with two attached hydrogens (primary N) is 2. The summed E-state index contributed by atoms with van der Waals surface area (Å²) >= 11 is 0. The number of hydrogen-bond acceptors (Lipinski definition) is 4. The molecule has 0 aromatic heterocycles. The molecule has 2 rings (SSSR count). The Morgan fingerprint density at radius 3 is 1.50 bits per heavy atom. The van der Waals surface area contributed by atoms with Gasteiger partial charge in [0.2, 0.25) is 0 Å². The van der Waals surface area contributed by atoms with Crippen molar-refractivity contribution in [3.8, 4) is 11.5 Å². The number of anilines is 2. The molecule has 2 aromatic carbocycles. The van der Waals surface area contributed by atoms with Gasteiger partial charge in [-0.2, -0.15) is 0 Å². The van der Waals surface area contributed by atoms with Crippen molar-refractivity contribution in [2.45, 2.75) is 60.3 Å². The molecule has 0 bridgehead atoms. The molecule has 0 saturated carbocycles. The first kappa shape index (κ1) is 20.0. The lowest BCUT2D eigenvalue weighted by Crippen LogP contribution is -2.29. The molecule has 0 aliphatic carbocycles. The molecule has 0 saturated heterocycles. The Morgan fingerprint density at radius 2 is 1.19 bits per heavy atom. The molecule has 0 spiro atoms. The first-order chi connectivity index (χ1) is 11.9. The fourth-order valence-electron chi connectivity index (χ4n) is 4.18. The first-order valence-electron chi connectivity index (χ1n) is 9.10. The van der Waals surface area contributed by atoms with Crippen LogP contribution in [0.2, 0.25) is 0 Å². The quantitative estimate of drug-likeness (QED) is 0.465. The summed E-state index contributed by atoms with van der Waals surface area (Å²) in [6.07, 6.45) is 0.891. The van der Waals surface area contributed by atoms with Gasteiger partial charge in [-0.15, -0.1) is 0 Å². The van der Waals surface area contributed by atoms with E-state index in [1.807, 2.05) is 39.8 Å². The second-order valence-electron chi connectivity index (χ2n) is 8.19. The number of nitrogen functional groups attached to an aromatic ring is 2. The monoisotopic (exact) mass is 356 g/mol. The Hall–Kier alpha value is -2.36. The van der Waals surface area contributed by atoms with E-state index in [1.165, 1.54) is 0 Å². The van der Waals surface area contributed by atoms with Gasteiger partial charge < -0.3 is 21.7 Å². The maximum absolute atomic E-state index is 10.2. The first-order valence-corrected chi connectivity index (χ1v) is 9.10. The van der Waals surface area contributed by atoms with Crippen LogP contribution in [0.1, 0.15) is 60.6 Å². The molecule has 2 aromatic rings. The van der Waals surface area contributed by atoms with Crippen LogP contribution in [0.25, 0.3) is 0 Å². The van der Waals surface area contributed by atoms with Gasteiger partial charge >= 0.3 is 0 Å². The minimum absolute atomic E-state index is 0.149. The van der Waals surface area contributed by atoms with Gasteiger partial charge in [0.1, 0.15) is 11.5 Å². The highest BCUT2D eigenvalue weighted by atomic mass is 16.3. The second-order valence-corrected chi connectivity index (χ2v) is 8.19.